The highest BCUT2D eigenvalue weighted by atomic mass is 16.5. The van der Waals surface area contributed by atoms with Crippen LogP contribution < -0.4 is 4.74 Å². The van der Waals surface area contributed by atoms with E-state index in [9.17, 15) is 0 Å². The van der Waals surface area contributed by atoms with Gasteiger partial charge in [0.25, 0.3) is 6.47 Å². The van der Waals surface area contributed by atoms with Crippen molar-refractivity contribution in [1.82, 2.24) is 0 Å². The molecule has 0 radical (unpaired) electrons. The second-order valence-corrected chi connectivity index (χ2v) is 3.38. The zero-order valence-corrected chi connectivity index (χ0v) is 9.60. The van der Waals surface area contributed by atoms with E-state index in [1.54, 1.807) is 0 Å². The lowest BCUT2D eigenvalue weighted by molar-refractivity contribution is -0.122. The van der Waals surface area contributed by atoms with Crippen molar-refractivity contribution < 1.29 is 14.6 Å². The molecule has 0 spiro atoms. The maximum absolute atomic E-state index is 8.83. The van der Waals surface area contributed by atoms with Crippen LogP contribution in [-0.2, 0) is 4.79 Å². The monoisotopic (exact) mass is 221 g/mol. The Morgan fingerprint density at radius 2 is 2.06 bits per heavy atom. The number of hydrogen-bond donors (Lipinski definition) is 1. The molecule has 0 unspecified atom stereocenters. The Morgan fingerprint density at radius 3 is 2.50 bits per heavy atom. The molecular formula is C12H15NO3. The van der Waals surface area contributed by atoms with Crippen LogP contribution in [-0.4, -0.2) is 17.7 Å². The van der Waals surface area contributed by atoms with E-state index in [-0.39, 0.29) is 12.6 Å². The van der Waals surface area contributed by atoms with E-state index in [0.29, 0.717) is 11.3 Å². The van der Waals surface area contributed by atoms with Gasteiger partial charge < -0.3 is 9.84 Å². The third-order valence-electron chi connectivity index (χ3n) is 1.62. The molecule has 16 heavy (non-hydrogen) atoms. The molecule has 0 heterocycles. The van der Waals surface area contributed by atoms with Gasteiger partial charge in [0.05, 0.1) is 11.7 Å². The number of carboxylic acid groups (broad SMARTS) is 1. The second-order valence-electron chi connectivity index (χ2n) is 3.38. The maximum atomic E-state index is 8.83. The summed E-state index contributed by atoms with van der Waals surface area (Å²) in [6.45, 7) is 5.60. The lowest BCUT2D eigenvalue weighted by Crippen LogP contribution is -2.06. The van der Waals surface area contributed by atoms with Gasteiger partial charge in [-0.25, -0.2) is 0 Å². The molecule has 1 rings (SSSR count). The number of ether oxygens (including phenoxy) is 1. The first-order valence-electron chi connectivity index (χ1n) is 4.80. The normalized spacial score (nSPS) is 8.69. The molecule has 0 saturated heterocycles. The first-order valence-corrected chi connectivity index (χ1v) is 4.80. The molecule has 1 aromatic carbocycles. The minimum absolute atomic E-state index is 0.106. The van der Waals surface area contributed by atoms with Gasteiger partial charge in [0.2, 0.25) is 0 Å². The molecule has 1 aromatic rings. The molecule has 4 heteroatoms. The molecule has 0 aliphatic heterocycles. The standard InChI is InChI=1S/C11H13NO.CH2O2/c1-8(2)13-11-5-4-9(3)6-10(11)7-12;2-1-3/h4-6,8H,1-3H3;1H,(H,2,3). The van der Waals surface area contributed by atoms with Crippen molar-refractivity contribution in [1.29, 1.82) is 5.26 Å². The fourth-order valence-corrected chi connectivity index (χ4v) is 1.09. The van der Waals surface area contributed by atoms with E-state index in [1.165, 1.54) is 0 Å². The van der Waals surface area contributed by atoms with Crippen molar-refractivity contribution in [3.63, 3.8) is 0 Å². The Balaban J connectivity index is 0.000000673. The summed E-state index contributed by atoms with van der Waals surface area (Å²) < 4.78 is 5.47. The van der Waals surface area contributed by atoms with Gasteiger partial charge in [0.15, 0.2) is 0 Å². The lowest BCUT2D eigenvalue weighted by Gasteiger charge is -2.10. The first-order chi connectivity index (χ1) is 7.54. The number of nitrogens with zero attached hydrogens (tertiary/aromatic N) is 1. The van der Waals surface area contributed by atoms with Gasteiger partial charge in [-0.2, -0.15) is 5.26 Å². The fourth-order valence-electron chi connectivity index (χ4n) is 1.09. The van der Waals surface area contributed by atoms with Crippen LogP contribution in [0.5, 0.6) is 5.75 Å². The zero-order valence-electron chi connectivity index (χ0n) is 9.60. The summed E-state index contributed by atoms with van der Waals surface area (Å²) in [4.78, 5) is 8.36. The number of nitriles is 1. The maximum Gasteiger partial charge on any atom is 0.290 e. The summed E-state index contributed by atoms with van der Waals surface area (Å²) in [6, 6.07) is 7.73. The smallest absolute Gasteiger partial charge is 0.290 e. The average molecular weight is 221 g/mol. The van der Waals surface area contributed by atoms with E-state index in [1.807, 2.05) is 39.0 Å². The number of hydrogen-bond acceptors (Lipinski definition) is 3. The van der Waals surface area contributed by atoms with Crippen molar-refractivity contribution in [2.24, 2.45) is 0 Å². The van der Waals surface area contributed by atoms with Crippen molar-refractivity contribution in [3.05, 3.63) is 29.3 Å². The molecule has 0 aromatic heterocycles. The molecule has 0 fully saturated rings. The summed E-state index contributed by atoms with van der Waals surface area (Å²) in [5, 5.41) is 15.7. The van der Waals surface area contributed by atoms with Crippen molar-refractivity contribution in [2.75, 3.05) is 0 Å². The summed E-state index contributed by atoms with van der Waals surface area (Å²) in [6.07, 6.45) is 0.106. The van der Waals surface area contributed by atoms with Crippen molar-refractivity contribution in [3.8, 4) is 11.8 Å². The van der Waals surface area contributed by atoms with Gasteiger partial charge >= 0.3 is 0 Å². The summed E-state index contributed by atoms with van der Waals surface area (Å²) >= 11 is 0. The molecular weight excluding hydrogens is 206 g/mol. The van der Waals surface area contributed by atoms with Gasteiger partial charge in [-0.1, -0.05) is 6.07 Å². The predicted molar refractivity (Wildman–Crippen MR) is 60.4 cm³/mol. The number of benzene rings is 1. The molecule has 0 aliphatic carbocycles. The zero-order chi connectivity index (χ0) is 12.6. The highest BCUT2D eigenvalue weighted by Gasteiger charge is 2.04. The topological polar surface area (TPSA) is 70.3 Å². The van der Waals surface area contributed by atoms with Gasteiger partial charge in [-0.3, -0.25) is 4.79 Å². The third kappa shape index (κ3) is 5.01. The fraction of sp³-hybridized carbons (Fsp3) is 0.333. The van der Waals surface area contributed by atoms with E-state index in [4.69, 9.17) is 19.9 Å². The molecule has 0 aliphatic rings. The number of rotatable bonds is 2. The predicted octanol–water partition coefficient (Wildman–Crippen LogP) is 2.35. The minimum atomic E-state index is -0.250. The second kappa shape index (κ2) is 7.30. The van der Waals surface area contributed by atoms with Crippen LogP contribution in [0.1, 0.15) is 25.0 Å². The quantitative estimate of drug-likeness (QED) is 0.778. The summed E-state index contributed by atoms with van der Waals surface area (Å²) in [5.74, 6) is 0.670. The SMILES string of the molecule is Cc1ccc(OC(C)C)c(C#N)c1.O=CO. The summed E-state index contributed by atoms with van der Waals surface area (Å²) in [5.41, 5.74) is 1.68. The third-order valence-corrected chi connectivity index (χ3v) is 1.62. The average Bonchev–Trinajstić information content (AvgIpc) is 2.21. The van der Waals surface area contributed by atoms with Crippen LogP contribution in [0.2, 0.25) is 0 Å². The van der Waals surface area contributed by atoms with E-state index in [0.717, 1.165) is 5.56 Å². The lowest BCUT2D eigenvalue weighted by atomic mass is 10.1. The van der Waals surface area contributed by atoms with Gasteiger partial charge in [-0.15, -0.1) is 0 Å². The molecule has 0 bridgehead atoms. The first kappa shape index (κ1) is 14.0. The Bertz CT molecular complexity index is 380. The molecule has 0 atom stereocenters. The van der Waals surface area contributed by atoms with Crippen molar-refractivity contribution in [2.45, 2.75) is 26.9 Å². The Kier molecular flexibility index (Phi) is 6.37. The van der Waals surface area contributed by atoms with Crippen molar-refractivity contribution >= 4 is 6.47 Å². The Hall–Kier alpha value is -2.02. The van der Waals surface area contributed by atoms with Gasteiger partial charge in [0.1, 0.15) is 11.8 Å². The Morgan fingerprint density at radius 1 is 1.50 bits per heavy atom. The van der Waals surface area contributed by atoms with Crippen LogP contribution in [0.3, 0.4) is 0 Å². The van der Waals surface area contributed by atoms with Gasteiger partial charge in [-0.05, 0) is 38.5 Å². The van der Waals surface area contributed by atoms with Crippen LogP contribution >= 0.6 is 0 Å². The van der Waals surface area contributed by atoms with E-state index >= 15 is 0 Å². The molecule has 86 valence electrons. The molecule has 4 nitrogen and oxygen atoms in total. The van der Waals surface area contributed by atoms with Crippen LogP contribution in [0, 0.1) is 18.3 Å². The summed E-state index contributed by atoms with van der Waals surface area (Å²) in [7, 11) is 0. The number of aryl methyl sites for hydroxylation is 1. The van der Waals surface area contributed by atoms with Gasteiger partial charge in [0, 0.05) is 0 Å². The highest BCUT2D eigenvalue weighted by molar-refractivity contribution is 5.45. The largest absolute Gasteiger partial charge is 0.490 e. The number of carbonyl (C=O) groups is 1. The molecule has 0 saturated carbocycles. The van der Waals surface area contributed by atoms with Crippen LogP contribution in [0.4, 0.5) is 0 Å². The highest BCUT2D eigenvalue weighted by Crippen LogP contribution is 2.19. The van der Waals surface area contributed by atoms with Crippen LogP contribution in [0.25, 0.3) is 0 Å². The molecule has 0 amide bonds. The van der Waals surface area contributed by atoms with E-state index in [2.05, 4.69) is 6.07 Å². The van der Waals surface area contributed by atoms with E-state index < -0.39 is 0 Å². The Labute approximate surface area is 95.1 Å². The molecule has 1 N–H and O–H groups in total. The van der Waals surface area contributed by atoms with Crippen LogP contribution in [0.15, 0.2) is 18.2 Å². The minimum Gasteiger partial charge on any atom is -0.490 e.